The van der Waals surface area contributed by atoms with E-state index in [1.165, 1.54) is 11.1 Å². The van der Waals surface area contributed by atoms with Crippen molar-refractivity contribution in [3.8, 4) is 11.3 Å². The number of aliphatic hydroxyl groups excluding tert-OH is 1. The first-order valence-corrected chi connectivity index (χ1v) is 14.2. The topological polar surface area (TPSA) is 177 Å². The normalized spacial score (nSPS) is 17.0. The maximum Gasteiger partial charge on any atom is 0.255 e. The number of nitrogens with zero attached hydrogens (tertiary/aromatic N) is 7. The standard InChI is InChI=1S/C29H33ClN10O3/c1-17(27(42)35-23(16-41)22-4-3-5-25(34-22)39-10-8-38(2)9-11-39)40-15-19-7-6-18(12-20(19)28(40)43)26-21(30)14-33-29(37-26)36-24(32)13-31/h3-7,12-14,17,23,31,41H,8-11,15-16H2,1-2H3,(H,35,42)(H2,32,33,36,37)/t17-,23-/m1/s1. The minimum atomic E-state index is -0.814. The van der Waals surface area contributed by atoms with E-state index in [0.717, 1.165) is 43.8 Å². The summed E-state index contributed by atoms with van der Waals surface area (Å²) in [5.74, 6) is 0.0423. The molecule has 2 aliphatic rings. The van der Waals surface area contributed by atoms with Gasteiger partial charge in [-0.05, 0) is 37.7 Å². The average molecular weight is 605 g/mol. The van der Waals surface area contributed by atoms with E-state index in [1.54, 1.807) is 31.2 Å². The van der Waals surface area contributed by atoms with Crippen LogP contribution in [0.2, 0.25) is 5.02 Å². The Morgan fingerprint density at radius 1 is 1.23 bits per heavy atom. The Bertz CT molecular complexity index is 1570. The van der Waals surface area contributed by atoms with Crippen LogP contribution in [0.15, 0.2) is 47.6 Å². The summed E-state index contributed by atoms with van der Waals surface area (Å²) < 4.78 is 0. The van der Waals surface area contributed by atoms with Gasteiger partial charge in [-0.15, -0.1) is 0 Å². The van der Waals surface area contributed by atoms with E-state index >= 15 is 0 Å². The molecule has 5 rings (SSSR count). The van der Waals surface area contributed by atoms with Crippen LogP contribution in [0.3, 0.4) is 0 Å². The van der Waals surface area contributed by atoms with E-state index in [-0.39, 0.29) is 35.9 Å². The number of carbonyl (C=O) groups excluding carboxylic acids is 2. The smallest absolute Gasteiger partial charge is 0.255 e. The number of halogens is 1. The molecular weight excluding hydrogens is 572 g/mol. The van der Waals surface area contributed by atoms with Crippen molar-refractivity contribution in [2.75, 3.05) is 44.7 Å². The lowest BCUT2D eigenvalue weighted by Crippen LogP contribution is -2.47. The largest absolute Gasteiger partial charge is 0.394 e. The van der Waals surface area contributed by atoms with Gasteiger partial charge >= 0.3 is 0 Å². The molecule has 2 amide bonds. The Morgan fingerprint density at radius 2 is 2.00 bits per heavy atom. The van der Waals surface area contributed by atoms with E-state index in [0.29, 0.717) is 22.5 Å². The third-order valence-corrected chi connectivity index (χ3v) is 7.89. The SMILES string of the molecule is C[C@H](C(=O)N[C@H](CO)c1cccc(N2CCN(C)CC2)n1)N1Cc2ccc(-c3nc(N=C(N)C=N)ncc3Cl)cc2C1=O. The number of aromatic nitrogens is 3. The number of amidine groups is 1. The van der Waals surface area contributed by atoms with Crippen LogP contribution in [-0.4, -0.2) is 99.6 Å². The van der Waals surface area contributed by atoms with Gasteiger partial charge in [0.15, 0.2) is 0 Å². The first-order valence-electron chi connectivity index (χ1n) is 13.8. The molecule has 0 radical (unpaired) electrons. The number of likely N-dealkylation sites (N-methyl/N-ethyl adjacent to an activating group) is 1. The molecule has 2 aromatic heterocycles. The fraction of sp³-hybridized carbons (Fsp3) is 0.345. The van der Waals surface area contributed by atoms with Gasteiger partial charge in [-0.25, -0.2) is 15.0 Å². The van der Waals surface area contributed by atoms with Crippen LogP contribution in [0.4, 0.5) is 11.8 Å². The number of pyridine rings is 1. The van der Waals surface area contributed by atoms with E-state index < -0.39 is 18.0 Å². The molecule has 14 heteroatoms. The van der Waals surface area contributed by atoms with Crippen LogP contribution in [0.5, 0.6) is 0 Å². The number of aliphatic imine (C=N–C) groups is 1. The number of nitrogens with one attached hydrogen (secondary N) is 2. The first-order chi connectivity index (χ1) is 20.7. The molecule has 3 aromatic rings. The number of carbonyl (C=O) groups is 2. The summed E-state index contributed by atoms with van der Waals surface area (Å²) in [6.45, 7) is 5.11. The Balaban J connectivity index is 1.30. The van der Waals surface area contributed by atoms with Crippen molar-refractivity contribution in [1.29, 1.82) is 5.41 Å². The monoisotopic (exact) mass is 604 g/mol. The molecule has 4 heterocycles. The second-order valence-electron chi connectivity index (χ2n) is 10.5. The van der Waals surface area contributed by atoms with E-state index in [4.69, 9.17) is 27.7 Å². The maximum atomic E-state index is 13.5. The zero-order chi connectivity index (χ0) is 30.7. The number of benzene rings is 1. The number of anilines is 1. The van der Waals surface area contributed by atoms with Crippen molar-refractivity contribution >= 4 is 47.2 Å². The van der Waals surface area contributed by atoms with E-state index in [9.17, 15) is 14.7 Å². The van der Waals surface area contributed by atoms with Gasteiger partial charge in [0.05, 0.1) is 41.5 Å². The quantitative estimate of drug-likeness (QED) is 0.209. The van der Waals surface area contributed by atoms with Gasteiger partial charge in [0.1, 0.15) is 17.7 Å². The van der Waals surface area contributed by atoms with Crippen LogP contribution >= 0.6 is 11.6 Å². The summed E-state index contributed by atoms with van der Waals surface area (Å²) in [7, 11) is 2.08. The number of hydrogen-bond acceptors (Lipinski definition) is 10. The fourth-order valence-corrected chi connectivity index (χ4v) is 5.24. The highest BCUT2D eigenvalue weighted by Crippen LogP contribution is 2.32. The number of amides is 2. The molecule has 2 atom stereocenters. The van der Waals surface area contributed by atoms with Crippen LogP contribution in [0.1, 0.15) is 34.6 Å². The number of piperazine rings is 1. The number of hydrogen-bond donors (Lipinski definition) is 4. The predicted octanol–water partition coefficient (Wildman–Crippen LogP) is 1.78. The van der Waals surface area contributed by atoms with Gasteiger partial charge in [-0.2, -0.15) is 4.99 Å². The van der Waals surface area contributed by atoms with Crippen molar-refractivity contribution in [1.82, 2.24) is 30.1 Å². The molecule has 5 N–H and O–H groups in total. The molecule has 1 saturated heterocycles. The molecule has 224 valence electrons. The molecule has 1 aromatic carbocycles. The highest BCUT2D eigenvalue weighted by atomic mass is 35.5. The Morgan fingerprint density at radius 3 is 2.72 bits per heavy atom. The van der Waals surface area contributed by atoms with Crippen molar-refractivity contribution in [2.45, 2.75) is 25.6 Å². The predicted molar refractivity (Wildman–Crippen MR) is 164 cm³/mol. The van der Waals surface area contributed by atoms with Crippen molar-refractivity contribution in [2.24, 2.45) is 10.7 Å². The second-order valence-corrected chi connectivity index (χ2v) is 10.9. The summed E-state index contributed by atoms with van der Waals surface area (Å²) in [4.78, 5) is 49.8. The van der Waals surface area contributed by atoms with Gasteiger partial charge in [0, 0.05) is 43.9 Å². The lowest BCUT2D eigenvalue weighted by molar-refractivity contribution is -0.126. The van der Waals surface area contributed by atoms with Crippen LogP contribution in [0, 0.1) is 5.41 Å². The zero-order valence-corrected chi connectivity index (χ0v) is 24.6. The van der Waals surface area contributed by atoms with Gasteiger partial charge in [-0.3, -0.25) is 9.59 Å². The van der Waals surface area contributed by atoms with Gasteiger partial charge in [0.2, 0.25) is 5.91 Å². The lowest BCUT2D eigenvalue weighted by atomic mass is 10.0. The Labute approximate surface area is 253 Å². The number of nitrogens with two attached hydrogens (primary N) is 1. The molecule has 43 heavy (non-hydrogen) atoms. The number of fused-ring (bicyclic) bond motifs is 1. The van der Waals surface area contributed by atoms with E-state index in [2.05, 4.69) is 37.1 Å². The molecular formula is C29H33ClN10O3. The second kappa shape index (κ2) is 12.8. The van der Waals surface area contributed by atoms with Gasteiger partial charge in [-0.1, -0.05) is 29.8 Å². The zero-order valence-electron chi connectivity index (χ0n) is 23.9. The van der Waals surface area contributed by atoms with Crippen molar-refractivity contribution in [3.63, 3.8) is 0 Å². The van der Waals surface area contributed by atoms with Gasteiger partial charge < -0.3 is 36.3 Å². The van der Waals surface area contributed by atoms with Gasteiger partial charge in [0.25, 0.3) is 11.9 Å². The molecule has 0 unspecified atom stereocenters. The molecule has 1 fully saturated rings. The molecule has 13 nitrogen and oxygen atoms in total. The third-order valence-electron chi connectivity index (χ3n) is 7.61. The fourth-order valence-electron chi connectivity index (χ4n) is 5.04. The minimum absolute atomic E-state index is 0.0288. The van der Waals surface area contributed by atoms with Crippen LogP contribution in [0.25, 0.3) is 11.3 Å². The molecule has 0 spiro atoms. The first kappa shape index (κ1) is 30.0. The van der Waals surface area contributed by atoms with Crippen LogP contribution in [-0.2, 0) is 11.3 Å². The third kappa shape index (κ3) is 6.48. The molecule has 0 bridgehead atoms. The number of rotatable bonds is 9. The molecule has 0 aliphatic carbocycles. The summed E-state index contributed by atoms with van der Waals surface area (Å²) in [6.07, 6.45) is 2.25. The maximum absolute atomic E-state index is 13.5. The summed E-state index contributed by atoms with van der Waals surface area (Å²) in [5.41, 5.74) is 8.24. The summed E-state index contributed by atoms with van der Waals surface area (Å²) in [6, 6.07) is 9.28. The average Bonchev–Trinajstić information content (AvgIpc) is 3.35. The van der Waals surface area contributed by atoms with Crippen LogP contribution < -0.4 is 16.0 Å². The minimum Gasteiger partial charge on any atom is -0.394 e. The summed E-state index contributed by atoms with van der Waals surface area (Å²) in [5, 5.41) is 20.5. The van der Waals surface area contributed by atoms with Crippen molar-refractivity contribution in [3.05, 3.63) is 64.4 Å². The number of aliphatic hydroxyl groups is 1. The molecule has 0 saturated carbocycles. The summed E-state index contributed by atoms with van der Waals surface area (Å²) >= 11 is 6.35. The Hall–Kier alpha value is -4.46. The van der Waals surface area contributed by atoms with Crippen molar-refractivity contribution < 1.29 is 14.7 Å². The lowest BCUT2D eigenvalue weighted by Gasteiger charge is -2.33. The highest BCUT2D eigenvalue weighted by Gasteiger charge is 2.35. The molecule has 2 aliphatic heterocycles. The van der Waals surface area contributed by atoms with E-state index in [1.807, 2.05) is 12.1 Å². The highest BCUT2D eigenvalue weighted by molar-refractivity contribution is 6.33. The Kier molecular flexibility index (Phi) is 8.94.